The maximum Gasteiger partial charge on any atom is 0.331 e. The van der Waals surface area contributed by atoms with Crippen LogP contribution in [-0.4, -0.2) is 63.2 Å². The minimum Gasteiger partial charge on any atom is -0.478 e. The number of aliphatic hydroxyl groups is 2. The number of hydrogen-bond acceptors (Lipinski definition) is 8. The smallest absolute Gasteiger partial charge is 0.331 e. The number of aliphatic carboxylic acids is 1. The second kappa shape index (κ2) is 9.45. The van der Waals surface area contributed by atoms with Gasteiger partial charge in [0.05, 0.1) is 12.2 Å². The number of allylic oxidation sites excluding steroid dienone is 2. The van der Waals surface area contributed by atoms with E-state index in [4.69, 9.17) is 21.9 Å². The molecule has 4 fully saturated rings. The zero-order valence-electron chi connectivity index (χ0n) is 22.7. The van der Waals surface area contributed by atoms with Gasteiger partial charge in [0, 0.05) is 36.0 Å². The molecule has 4 saturated carbocycles. The highest BCUT2D eigenvalue weighted by Crippen LogP contribution is 2.69. The standard InChI is InChI=1S/C28H45N3O6/c1-13(2)6-7-15(25(35)36)22-17-10-19(34)24-27(5)16(23(30)18(33)11-21(27)29)8-9-28(24,31)26(17,4)12-20(22)37-14(3)32/h6,16-21,23-24,33-34H,7-12,29-31H2,1-5H3,(H,35,36)/b22-15-/t16-,17-,18+,19+,20-,21-,23-,24-,26-,27+,28+/m0/s1. The molecule has 0 unspecified atom stereocenters. The van der Waals surface area contributed by atoms with Gasteiger partial charge in [0.25, 0.3) is 0 Å². The molecule has 0 aromatic rings. The molecular weight excluding hydrogens is 474 g/mol. The summed E-state index contributed by atoms with van der Waals surface area (Å²) in [7, 11) is 0. The largest absolute Gasteiger partial charge is 0.478 e. The normalized spacial score (nSPS) is 48.3. The van der Waals surface area contributed by atoms with Crippen LogP contribution in [0.2, 0.25) is 0 Å². The predicted molar refractivity (Wildman–Crippen MR) is 139 cm³/mol. The molecule has 0 aromatic heterocycles. The van der Waals surface area contributed by atoms with Crippen LogP contribution in [0, 0.1) is 28.6 Å². The number of carbonyl (C=O) groups excluding carboxylic acids is 1. The topological polar surface area (TPSA) is 182 Å². The van der Waals surface area contributed by atoms with E-state index in [-0.39, 0.29) is 23.8 Å². The molecule has 4 aliphatic carbocycles. The summed E-state index contributed by atoms with van der Waals surface area (Å²) in [5.41, 5.74) is 20.2. The van der Waals surface area contributed by atoms with Gasteiger partial charge >= 0.3 is 11.9 Å². The fourth-order valence-corrected chi connectivity index (χ4v) is 8.93. The number of hydrogen-bond donors (Lipinski definition) is 6. The first-order valence-corrected chi connectivity index (χ1v) is 13.5. The van der Waals surface area contributed by atoms with Crippen molar-refractivity contribution in [1.29, 1.82) is 0 Å². The van der Waals surface area contributed by atoms with E-state index in [9.17, 15) is 24.9 Å². The van der Waals surface area contributed by atoms with E-state index in [1.807, 2.05) is 19.9 Å². The fraction of sp³-hybridized carbons (Fsp3) is 0.786. The Bertz CT molecular complexity index is 1020. The maximum absolute atomic E-state index is 12.5. The molecule has 4 rings (SSSR count). The van der Waals surface area contributed by atoms with Crippen LogP contribution in [0.25, 0.3) is 0 Å². The first-order chi connectivity index (χ1) is 17.1. The summed E-state index contributed by atoms with van der Waals surface area (Å²) < 4.78 is 5.77. The Hall–Kier alpha value is -1.78. The Morgan fingerprint density at radius 1 is 1.11 bits per heavy atom. The lowest BCUT2D eigenvalue weighted by Gasteiger charge is -2.69. The van der Waals surface area contributed by atoms with Crippen molar-refractivity contribution in [2.45, 2.75) is 109 Å². The second-order valence-corrected chi connectivity index (χ2v) is 12.8. The van der Waals surface area contributed by atoms with Gasteiger partial charge in [-0.2, -0.15) is 0 Å². The van der Waals surface area contributed by atoms with E-state index in [1.54, 1.807) is 0 Å². The minimum absolute atomic E-state index is 0.101. The van der Waals surface area contributed by atoms with Crippen LogP contribution in [0.4, 0.5) is 0 Å². The van der Waals surface area contributed by atoms with Crippen LogP contribution < -0.4 is 17.2 Å². The number of carboxylic acids is 1. The molecule has 0 saturated heterocycles. The number of ether oxygens (including phenoxy) is 1. The molecule has 9 nitrogen and oxygen atoms in total. The Labute approximate surface area is 219 Å². The van der Waals surface area contributed by atoms with Gasteiger partial charge in [-0.05, 0) is 80.6 Å². The molecule has 4 aliphatic rings. The van der Waals surface area contributed by atoms with Crippen molar-refractivity contribution in [3.8, 4) is 0 Å². The molecule has 0 amide bonds. The van der Waals surface area contributed by atoms with Crippen LogP contribution in [0.5, 0.6) is 0 Å². The molecule has 9 heteroatoms. The zero-order chi connectivity index (χ0) is 27.7. The summed E-state index contributed by atoms with van der Waals surface area (Å²) in [6, 6.07) is -0.856. The first-order valence-electron chi connectivity index (χ1n) is 13.5. The second-order valence-electron chi connectivity index (χ2n) is 12.8. The minimum atomic E-state index is -1.05. The van der Waals surface area contributed by atoms with E-state index >= 15 is 0 Å². The number of aliphatic hydroxyl groups excluding tert-OH is 2. The highest BCUT2D eigenvalue weighted by molar-refractivity contribution is 5.88. The third-order valence-electron chi connectivity index (χ3n) is 10.8. The van der Waals surface area contributed by atoms with Gasteiger partial charge in [-0.15, -0.1) is 0 Å². The van der Waals surface area contributed by atoms with Gasteiger partial charge in [-0.25, -0.2) is 4.79 Å². The van der Waals surface area contributed by atoms with Crippen LogP contribution in [0.3, 0.4) is 0 Å². The number of fused-ring (bicyclic) bond motifs is 5. The summed E-state index contributed by atoms with van der Waals surface area (Å²) in [6.45, 7) is 9.26. The third kappa shape index (κ3) is 4.09. The predicted octanol–water partition coefficient (Wildman–Crippen LogP) is 1.60. The van der Waals surface area contributed by atoms with E-state index in [2.05, 4.69) is 13.8 Å². The van der Waals surface area contributed by atoms with Crippen molar-refractivity contribution < 1.29 is 29.6 Å². The summed E-state index contributed by atoms with van der Waals surface area (Å²) in [5, 5.41) is 32.6. The van der Waals surface area contributed by atoms with Gasteiger partial charge in [0.15, 0.2) is 0 Å². The molecule has 37 heavy (non-hydrogen) atoms. The van der Waals surface area contributed by atoms with Crippen LogP contribution in [0.15, 0.2) is 22.8 Å². The first kappa shape index (κ1) is 28.2. The van der Waals surface area contributed by atoms with E-state index in [0.717, 1.165) is 5.57 Å². The quantitative estimate of drug-likeness (QED) is 0.182. The molecule has 11 atom stereocenters. The molecule has 0 bridgehead atoms. The third-order valence-corrected chi connectivity index (χ3v) is 10.8. The molecular formula is C28H45N3O6. The highest BCUT2D eigenvalue weighted by atomic mass is 16.5. The van der Waals surface area contributed by atoms with Crippen molar-refractivity contribution in [1.82, 2.24) is 0 Å². The lowest BCUT2D eigenvalue weighted by atomic mass is 9.38. The number of nitrogens with two attached hydrogens (primary N) is 3. The fourth-order valence-electron chi connectivity index (χ4n) is 8.93. The van der Waals surface area contributed by atoms with Gasteiger partial charge in [-0.1, -0.05) is 25.5 Å². The number of rotatable bonds is 4. The van der Waals surface area contributed by atoms with E-state index < -0.39 is 64.6 Å². The average Bonchev–Trinajstić information content (AvgIpc) is 3.04. The van der Waals surface area contributed by atoms with Gasteiger partial charge < -0.3 is 37.3 Å². The van der Waals surface area contributed by atoms with Crippen LogP contribution >= 0.6 is 0 Å². The van der Waals surface area contributed by atoms with Gasteiger partial charge in [0.1, 0.15) is 6.10 Å². The number of carboxylic acid groups (broad SMARTS) is 1. The summed E-state index contributed by atoms with van der Waals surface area (Å²) in [6.07, 6.45) is 1.97. The van der Waals surface area contributed by atoms with E-state index in [0.29, 0.717) is 37.7 Å². The van der Waals surface area contributed by atoms with Crippen molar-refractivity contribution in [2.75, 3.05) is 0 Å². The lowest BCUT2D eigenvalue weighted by molar-refractivity contribution is -0.199. The van der Waals surface area contributed by atoms with Crippen LogP contribution in [-0.2, 0) is 14.3 Å². The molecule has 0 heterocycles. The molecule has 0 spiro atoms. The molecule has 0 radical (unpaired) electrons. The highest BCUT2D eigenvalue weighted by Gasteiger charge is 2.72. The summed E-state index contributed by atoms with van der Waals surface area (Å²) in [5.74, 6) is -2.41. The summed E-state index contributed by atoms with van der Waals surface area (Å²) >= 11 is 0. The molecule has 9 N–H and O–H groups in total. The molecule has 0 aromatic carbocycles. The lowest BCUT2D eigenvalue weighted by Crippen LogP contribution is -2.78. The van der Waals surface area contributed by atoms with Crippen molar-refractivity contribution in [3.05, 3.63) is 22.8 Å². The van der Waals surface area contributed by atoms with Gasteiger partial charge in [0.2, 0.25) is 0 Å². The van der Waals surface area contributed by atoms with Crippen molar-refractivity contribution in [2.24, 2.45) is 45.8 Å². The maximum atomic E-state index is 12.5. The van der Waals surface area contributed by atoms with Crippen molar-refractivity contribution in [3.63, 3.8) is 0 Å². The van der Waals surface area contributed by atoms with Crippen LogP contribution in [0.1, 0.15) is 73.1 Å². The Morgan fingerprint density at radius 2 is 1.76 bits per heavy atom. The zero-order valence-corrected chi connectivity index (χ0v) is 22.7. The number of carbonyl (C=O) groups is 2. The summed E-state index contributed by atoms with van der Waals surface area (Å²) in [4.78, 5) is 24.7. The van der Waals surface area contributed by atoms with E-state index in [1.165, 1.54) is 6.92 Å². The number of esters is 1. The Kier molecular flexibility index (Phi) is 7.21. The molecule has 0 aliphatic heterocycles. The SMILES string of the molecule is CC(=O)O[C@H]1C[C@@]2(C)[C@@H](C[C@@H](O)[C@H]3[C@@]4(C)[C@@H](N)C[C@@H](O)[C@@H](N)[C@@H]4CC[C@@]32N)/C1=C(\CC=C(C)C)C(=O)O. The van der Waals surface area contributed by atoms with Gasteiger partial charge in [-0.3, -0.25) is 4.79 Å². The monoisotopic (exact) mass is 519 g/mol. The Morgan fingerprint density at radius 3 is 2.32 bits per heavy atom. The average molecular weight is 520 g/mol. The molecule has 208 valence electrons. The Balaban J connectivity index is 1.87. The van der Waals surface area contributed by atoms with Crippen molar-refractivity contribution >= 4 is 11.9 Å².